The minimum atomic E-state index is -0.371. The summed E-state index contributed by atoms with van der Waals surface area (Å²) in [7, 11) is 0. The number of nitrogens with one attached hydrogen (secondary N) is 1. The predicted molar refractivity (Wildman–Crippen MR) is 92.6 cm³/mol. The number of aromatic nitrogens is 1. The summed E-state index contributed by atoms with van der Waals surface area (Å²) < 4.78 is 0. The molecule has 23 heavy (non-hydrogen) atoms. The zero-order valence-electron chi connectivity index (χ0n) is 11.6. The summed E-state index contributed by atoms with van der Waals surface area (Å²) in [6.07, 6.45) is 0. The van der Waals surface area contributed by atoms with Crippen LogP contribution in [-0.4, -0.2) is 10.9 Å². The summed E-state index contributed by atoms with van der Waals surface area (Å²) in [5.41, 5.74) is 12.8. The second kappa shape index (κ2) is 5.76. The Kier molecular flexibility index (Phi) is 3.78. The normalized spacial score (nSPS) is 10.4. The van der Waals surface area contributed by atoms with Gasteiger partial charge < -0.3 is 16.8 Å². The second-order valence-corrected chi connectivity index (χ2v) is 6.13. The Morgan fingerprint density at radius 2 is 2.13 bits per heavy atom. The van der Waals surface area contributed by atoms with Gasteiger partial charge in [-0.05, 0) is 24.3 Å². The summed E-state index contributed by atoms with van der Waals surface area (Å²) in [6.45, 7) is 0. The third-order valence-electron chi connectivity index (χ3n) is 3.16. The first-order valence-electron chi connectivity index (χ1n) is 6.45. The van der Waals surface area contributed by atoms with E-state index in [9.17, 15) is 4.79 Å². The van der Waals surface area contributed by atoms with Crippen LogP contribution >= 0.6 is 22.9 Å². The minimum absolute atomic E-state index is 0.114. The topological polar surface area (TPSA) is 118 Å². The number of pyridine rings is 1. The highest BCUT2D eigenvalue weighted by Crippen LogP contribution is 2.34. The number of carbonyl (C=O) groups is 1. The number of amides is 1. The van der Waals surface area contributed by atoms with Crippen LogP contribution in [0.5, 0.6) is 0 Å². The van der Waals surface area contributed by atoms with E-state index in [4.69, 9.17) is 28.3 Å². The maximum atomic E-state index is 12.4. The fourth-order valence-corrected chi connectivity index (χ4v) is 3.24. The third kappa shape index (κ3) is 2.77. The van der Waals surface area contributed by atoms with Gasteiger partial charge in [0.15, 0.2) is 0 Å². The molecule has 0 unspecified atom stereocenters. The molecule has 6 nitrogen and oxygen atoms in total. The number of hydrogen-bond donors (Lipinski definition) is 3. The summed E-state index contributed by atoms with van der Waals surface area (Å²) >= 11 is 7.01. The Hall–Kier alpha value is -2.82. The lowest BCUT2D eigenvalue weighted by atomic mass is 10.2. The molecule has 0 aliphatic heterocycles. The van der Waals surface area contributed by atoms with Crippen LogP contribution in [0.25, 0.3) is 10.2 Å². The number of nitrogen functional groups attached to an aromatic ring is 2. The molecular formula is C15H10ClN5OS. The van der Waals surface area contributed by atoms with E-state index in [2.05, 4.69) is 10.3 Å². The number of benzene rings is 1. The predicted octanol–water partition coefficient (Wildman–Crippen LogP) is 3.24. The van der Waals surface area contributed by atoms with Gasteiger partial charge in [0.2, 0.25) is 0 Å². The van der Waals surface area contributed by atoms with Crippen molar-refractivity contribution >= 4 is 56.3 Å². The number of anilines is 3. The molecule has 0 aliphatic carbocycles. The minimum Gasteiger partial charge on any atom is -0.397 e. The SMILES string of the molecule is N#Cc1cc2c(N)c(C(=O)Nc3cccc(Cl)c3)sc2nc1N. The molecule has 0 spiro atoms. The first-order valence-corrected chi connectivity index (χ1v) is 7.64. The zero-order chi connectivity index (χ0) is 16.6. The number of nitrogens with two attached hydrogens (primary N) is 2. The lowest BCUT2D eigenvalue weighted by molar-refractivity contribution is 0.103. The van der Waals surface area contributed by atoms with Crippen molar-refractivity contribution in [3.05, 3.63) is 45.8 Å². The lowest BCUT2D eigenvalue weighted by Gasteiger charge is -2.04. The zero-order valence-corrected chi connectivity index (χ0v) is 13.2. The van der Waals surface area contributed by atoms with Crippen molar-refractivity contribution in [1.29, 1.82) is 5.26 Å². The highest BCUT2D eigenvalue weighted by Gasteiger charge is 2.19. The number of fused-ring (bicyclic) bond motifs is 1. The van der Waals surface area contributed by atoms with Gasteiger partial charge in [-0.25, -0.2) is 4.98 Å². The molecular weight excluding hydrogens is 334 g/mol. The van der Waals surface area contributed by atoms with Crippen molar-refractivity contribution in [1.82, 2.24) is 4.98 Å². The van der Waals surface area contributed by atoms with Gasteiger partial charge in [0.1, 0.15) is 21.6 Å². The van der Waals surface area contributed by atoms with Crippen LogP contribution in [0.4, 0.5) is 17.2 Å². The number of nitrogens with zero attached hydrogens (tertiary/aromatic N) is 2. The molecule has 0 bridgehead atoms. The van der Waals surface area contributed by atoms with E-state index >= 15 is 0 Å². The van der Waals surface area contributed by atoms with Gasteiger partial charge in [-0.3, -0.25) is 4.79 Å². The average Bonchev–Trinajstić information content (AvgIpc) is 2.82. The van der Waals surface area contributed by atoms with Crippen molar-refractivity contribution in [2.75, 3.05) is 16.8 Å². The van der Waals surface area contributed by atoms with Gasteiger partial charge in [0.05, 0.1) is 11.3 Å². The number of carbonyl (C=O) groups excluding carboxylic acids is 1. The molecule has 0 radical (unpaired) electrons. The Morgan fingerprint density at radius 3 is 2.83 bits per heavy atom. The quantitative estimate of drug-likeness (QED) is 0.660. The summed E-state index contributed by atoms with van der Waals surface area (Å²) in [5, 5.41) is 12.8. The first-order chi connectivity index (χ1) is 11.0. The van der Waals surface area contributed by atoms with Crippen LogP contribution in [0.3, 0.4) is 0 Å². The molecule has 2 aromatic heterocycles. The molecule has 3 rings (SSSR count). The molecule has 8 heteroatoms. The van der Waals surface area contributed by atoms with E-state index < -0.39 is 0 Å². The molecule has 0 saturated heterocycles. The van der Waals surface area contributed by atoms with Crippen LogP contribution in [0.1, 0.15) is 15.2 Å². The maximum absolute atomic E-state index is 12.4. The fraction of sp³-hybridized carbons (Fsp3) is 0. The van der Waals surface area contributed by atoms with Gasteiger partial charge in [-0.2, -0.15) is 5.26 Å². The van der Waals surface area contributed by atoms with E-state index in [0.717, 1.165) is 11.3 Å². The lowest BCUT2D eigenvalue weighted by Crippen LogP contribution is -2.11. The van der Waals surface area contributed by atoms with Crippen molar-refractivity contribution in [3.63, 3.8) is 0 Å². The number of hydrogen-bond acceptors (Lipinski definition) is 6. The molecule has 5 N–H and O–H groups in total. The molecule has 1 amide bonds. The highest BCUT2D eigenvalue weighted by molar-refractivity contribution is 7.21. The maximum Gasteiger partial charge on any atom is 0.267 e. The third-order valence-corrected chi connectivity index (χ3v) is 4.51. The summed E-state index contributed by atoms with van der Waals surface area (Å²) in [6, 6.07) is 10.3. The molecule has 0 saturated carbocycles. The molecule has 1 aromatic carbocycles. The number of rotatable bonds is 2. The number of thiophene rings is 1. The standard InChI is InChI=1S/C15H10ClN5OS/c16-8-2-1-3-9(5-8)20-14(22)12-11(18)10-4-7(6-17)13(19)21-15(10)23-12/h1-5H,18H2,(H2,19,21)(H,20,22). The Balaban J connectivity index is 2.01. The van der Waals surface area contributed by atoms with Crippen LogP contribution in [0.15, 0.2) is 30.3 Å². The fourth-order valence-electron chi connectivity index (χ4n) is 2.07. The molecule has 3 aromatic rings. The average molecular weight is 344 g/mol. The van der Waals surface area contributed by atoms with Crippen LogP contribution in [0, 0.1) is 11.3 Å². The van der Waals surface area contributed by atoms with Crippen molar-refractivity contribution in [3.8, 4) is 6.07 Å². The van der Waals surface area contributed by atoms with Gasteiger partial charge >= 0.3 is 0 Å². The number of halogens is 1. The Morgan fingerprint density at radius 1 is 1.35 bits per heavy atom. The monoisotopic (exact) mass is 343 g/mol. The highest BCUT2D eigenvalue weighted by atomic mass is 35.5. The van der Waals surface area contributed by atoms with Crippen molar-refractivity contribution in [2.45, 2.75) is 0 Å². The van der Waals surface area contributed by atoms with Crippen molar-refractivity contribution < 1.29 is 4.79 Å². The Bertz CT molecular complexity index is 976. The van der Waals surface area contributed by atoms with E-state index in [-0.39, 0.29) is 23.0 Å². The number of nitriles is 1. The molecule has 0 atom stereocenters. The van der Waals surface area contributed by atoms with E-state index in [1.165, 1.54) is 0 Å². The second-order valence-electron chi connectivity index (χ2n) is 4.70. The van der Waals surface area contributed by atoms with Gasteiger partial charge in [-0.1, -0.05) is 17.7 Å². The van der Waals surface area contributed by atoms with Gasteiger partial charge in [-0.15, -0.1) is 11.3 Å². The Labute approximate surface area is 140 Å². The van der Waals surface area contributed by atoms with Gasteiger partial charge in [0, 0.05) is 16.1 Å². The van der Waals surface area contributed by atoms with Crippen molar-refractivity contribution in [2.24, 2.45) is 0 Å². The summed E-state index contributed by atoms with van der Waals surface area (Å²) in [4.78, 5) is 17.3. The van der Waals surface area contributed by atoms with Crippen LogP contribution in [-0.2, 0) is 0 Å². The van der Waals surface area contributed by atoms with Gasteiger partial charge in [0.25, 0.3) is 5.91 Å². The molecule has 114 valence electrons. The van der Waals surface area contributed by atoms with E-state index in [1.54, 1.807) is 30.3 Å². The summed E-state index contributed by atoms with van der Waals surface area (Å²) in [5.74, 6) is -0.257. The smallest absolute Gasteiger partial charge is 0.267 e. The largest absolute Gasteiger partial charge is 0.397 e. The van der Waals surface area contributed by atoms with E-state index in [1.807, 2.05) is 6.07 Å². The molecule has 0 aliphatic rings. The van der Waals surface area contributed by atoms with Crippen LogP contribution < -0.4 is 16.8 Å². The first kappa shape index (κ1) is 15.1. The molecule has 2 heterocycles. The van der Waals surface area contributed by atoms with Crippen LogP contribution in [0.2, 0.25) is 5.02 Å². The van der Waals surface area contributed by atoms with E-state index in [0.29, 0.717) is 25.8 Å². The molecule has 0 fully saturated rings.